The zero-order valence-electron chi connectivity index (χ0n) is 8.63. The molecule has 0 aliphatic carbocycles. The third-order valence-electron chi connectivity index (χ3n) is 2.13. The summed E-state index contributed by atoms with van der Waals surface area (Å²) in [6.07, 6.45) is 0. The lowest BCUT2D eigenvalue weighted by molar-refractivity contribution is 0.831. The van der Waals surface area contributed by atoms with E-state index in [-0.39, 0.29) is 0 Å². The minimum atomic E-state index is 0.633. The maximum absolute atomic E-state index is 6.11. The molecule has 0 amide bonds. The van der Waals surface area contributed by atoms with E-state index >= 15 is 0 Å². The number of nitrogens with one attached hydrogen (secondary N) is 1. The molecule has 1 aromatic carbocycles. The Bertz CT molecular complexity index is 476. The van der Waals surface area contributed by atoms with Crippen molar-refractivity contribution < 1.29 is 0 Å². The first-order valence-corrected chi connectivity index (χ1v) is 6.30. The van der Waals surface area contributed by atoms with Gasteiger partial charge in [-0.25, -0.2) is 0 Å². The van der Waals surface area contributed by atoms with E-state index in [0.29, 0.717) is 10.0 Å². The highest BCUT2D eigenvalue weighted by atomic mass is 35.5. The smallest absolute Gasteiger partial charge is 0.0874 e. The van der Waals surface area contributed by atoms with Crippen molar-refractivity contribution in [3.8, 4) is 11.3 Å². The van der Waals surface area contributed by atoms with Crippen molar-refractivity contribution in [2.45, 2.75) is 6.54 Å². The van der Waals surface area contributed by atoms with Gasteiger partial charge in [0.05, 0.1) is 15.7 Å². The lowest BCUT2D eigenvalue weighted by Crippen LogP contribution is -2.02. The first-order chi connectivity index (χ1) is 7.72. The Hall–Kier alpha value is -0.610. The molecule has 1 N–H and O–H groups in total. The fraction of sp³-hybridized carbons (Fsp3) is 0.182. The van der Waals surface area contributed by atoms with Crippen LogP contribution < -0.4 is 5.32 Å². The Morgan fingerprint density at radius 2 is 2.00 bits per heavy atom. The highest BCUT2D eigenvalue weighted by Gasteiger charge is 2.11. The summed E-state index contributed by atoms with van der Waals surface area (Å²) in [6.45, 7) is 0.805. The number of rotatable bonds is 3. The van der Waals surface area contributed by atoms with Crippen LogP contribution in [0.5, 0.6) is 0 Å². The van der Waals surface area contributed by atoms with Crippen LogP contribution in [-0.4, -0.2) is 11.4 Å². The van der Waals surface area contributed by atoms with Crippen LogP contribution in [0.25, 0.3) is 11.3 Å². The Balaban J connectivity index is 2.42. The van der Waals surface area contributed by atoms with Gasteiger partial charge in [0, 0.05) is 17.0 Å². The van der Waals surface area contributed by atoms with E-state index in [4.69, 9.17) is 23.2 Å². The quantitative estimate of drug-likeness (QED) is 0.919. The molecule has 2 rings (SSSR count). The number of hydrogen-bond donors (Lipinski definition) is 1. The van der Waals surface area contributed by atoms with Crippen molar-refractivity contribution in [3.05, 3.63) is 39.2 Å². The van der Waals surface area contributed by atoms with Crippen LogP contribution in [0.4, 0.5) is 0 Å². The first kappa shape index (κ1) is 11.9. The van der Waals surface area contributed by atoms with Crippen LogP contribution in [0.3, 0.4) is 0 Å². The Morgan fingerprint density at radius 1 is 1.31 bits per heavy atom. The topological polar surface area (TPSA) is 24.9 Å². The van der Waals surface area contributed by atoms with Crippen molar-refractivity contribution in [1.29, 1.82) is 0 Å². The second-order valence-corrected chi connectivity index (χ2v) is 5.01. The molecule has 2 aromatic rings. The fourth-order valence-corrected chi connectivity index (χ4v) is 2.75. The summed E-state index contributed by atoms with van der Waals surface area (Å²) in [7, 11) is 1.90. The van der Waals surface area contributed by atoms with Gasteiger partial charge in [-0.05, 0) is 36.8 Å². The van der Waals surface area contributed by atoms with Gasteiger partial charge >= 0.3 is 0 Å². The van der Waals surface area contributed by atoms with Gasteiger partial charge in [0.25, 0.3) is 0 Å². The largest absolute Gasteiger partial charge is 0.315 e. The van der Waals surface area contributed by atoms with E-state index in [1.54, 1.807) is 0 Å². The number of halogens is 2. The fourth-order valence-electron chi connectivity index (χ4n) is 1.43. The van der Waals surface area contributed by atoms with E-state index in [2.05, 4.69) is 9.69 Å². The molecule has 0 aliphatic rings. The maximum atomic E-state index is 6.11. The molecule has 5 heteroatoms. The average Bonchev–Trinajstić information content (AvgIpc) is 2.67. The van der Waals surface area contributed by atoms with E-state index in [1.165, 1.54) is 11.5 Å². The molecule has 0 unspecified atom stereocenters. The van der Waals surface area contributed by atoms with Crippen LogP contribution >= 0.6 is 34.7 Å². The number of aromatic nitrogens is 1. The minimum absolute atomic E-state index is 0.633. The molecule has 0 saturated heterocycles. The SMILES string of the molecule is CNCc1cc(-c2c(Cl)cccc2Cl)ns1. The van der Waals surface area contributed by atoms with Gasteiger partial charge in [-0.2, -0.15) is 4.37 Å². The van der Waals surface area contributed by atoms with Crippen LogP contribution in [0.1, 0.15) is 4.88 Å². The second kappa shape index (κ2) is 5.15. The van der Waals surface area contributed by atoms with Crippen LogP contribution in [0.15, 0.2) is 24.3 Å². The second-order valence-electron chi connectivity index (χ2n) is 3.31. The molecule has 1 heterocycles. The lowest BCUT2D eigenvalue weighted by atomic mass is 10.1. The third-order valence-corrected chi connectivity index (χ3v) is 3.54. The minimum Gasteiger partial charge on any atom is -0.315 e. The molecule has 0 spiro atoms. The van der Waals surface area contributed by atoms with E-state index in [1.807, 2.05) is 31.3 Å². The van der Waals surface area contributed by atoms with Gasteiger partial charge in [-0.3, -0.25) is 0 Å². The molecule has 0 saturated carbocycles. The molecule has 0 atom stereocenters. The summed E-state index contributed by atoms with van der Waals surface area (Å²) in [5, 5.41) is 4.35. The molecule has 0 fully saturated rings. The summed E-state index contributed by atoms with van der Waals surface area (Å²) in [5.74, 6) is 0. The van der Waals surface area contributed by atoms with Gasteiger partial charge in [0.2, 0.25) is 0 Å². The van der Waals surface area contributed by atoms with Gasteiger partial charge in [-0.1, -0.05) is 29.3 Å². The van der Waals surface area contributed by atoms with Gasteiger partial charge < -0.3 is 5.32 Å². The Morgan fingerprint density at radius 3 is 2.62 bits per heavy atom. The van der Waals surface area contributed by atoms with Gasteiger partial charge in [0.15, 0.2) is 0 Å². The van der Waals surface area contributed by atoms with Crippen molar-refractivity contribution in [2.75, 3.05) is 7.05 Å². The molecule has 0 radical (unpaired) electrons. The summed E-state index contributed by atoms with van der Waals surface area (Å²) in [5.41, 5.74) is 1.65. The van der Waals surface area contributed by atoms with Crippen LogP contribution in [0, 0.1) is 0 Å². The van der Waals surface area contributed by atoms with E-state index in [0.717, 1.165) is 22.7 Å². The molecule has 1 aromatic heterocycles. The number of hydrogen-bond acceptors (Lipinski definition) is 3. The zero-order valence-corrected chi connectivity index (χ0v) is 11.0. The van der Waals surface area contributed by atoms with Crippen molar-refractivity contribution in [2.24, 2.45) is 0 Å². The molecule has 0 aliphatic heterocycles. The monoisotopic (exact) mass is 272 g/mol. The Labute approximate surface area is 108 Å². The van der Waals surface area contributed by atoms with Crippen LogP contribution in [-0.2, 0) is 6.54 Å². The van der Waals surface area contributed by atoms with Gasteiger partial charge in [0.1, 0.15) is 0 Å². The number of nitrogens with zero attached hydrogens (tertiary/aromatic N) is 1. The van der Waals surface area contributed by atoms with Crippen molar-refractivity contribution >= 4 is 34.7 Å². The first-order valence-electron chi connectivity index (χ1n) is 4.77. The van der Waals surface area contributed by atoms with Crippen LogP contribution in [0.2, 0.25) is 10.0 Å². The maximum Gasteiger partial charge on any atom is 0.0874 e. The predicted molar refractivity (Wildman–Crippen MR) is 70.3 cm³/mol. The lowest BCUT2D eigenvalue weighted by Gasteiger charge is -2.02. The highest BCUT2D eigenvalue weighted by Crippen LogP contribution is 2.34. The normalized spacial score (nSPS) is 10.7. The van der Waals surface area contributed by atoms with Crippen molar-refractivity contribution in [3.63, 3.8) is 0 Å². The van der Waals surface area contributed by atoms with Crippen molar-refractivity contribution in [1.82, 2.24) is 9.69 Å². The molecule has 84 valence electrons. The summed E-state index contributed by atoms with van der Waals surface area (Å²) in [6, 6.07) is 7.48. The molecular formula is C11H10Cl2N2S. The van der Waals surface area contributed by atoms with E-state index in [9.17, 15) is 0 Å². The summed E-state index contributed by atoms with van der Waals surface area (Å²) < 4.78 is 4.36. The summed E-state index contributed by atoms with van der Waals surface area (Å²) in [4.78, 5) is 1.16. The highest BCUT2D eigenvalue weighted by molar-refractivity contribution is 7.06. The zero-order chi connectivity index (χ0) is 11.5. The predicted octanol–water partition coefficient (Wildman–Crippen LogP) is 3.84. The standard InChI is InChI=1S/C11H10Cl2N2S/c1-14-6-7-5-10(15-16-7)11-8(12)3-2-4-9(11)13/h2-5,14H,6H2,1H3. The average molecular weight is 273 g/mol. The van der Waals surface area contributed by atoms with E-state index < -0.39 is 0 Å². The molecule has 2 nitrogen and oxygen atoms in total. The molecule has 0 bridgehead atoms. The molecule has 16 heavy (non-hydrogen) atoms. The third kappa shape index (κ3) is 2.38. The number of benzene rings is 1. The molecular weight excluding hydrogens is 263 g/mol. The Kier molecular flexibility index (Phi) is 3.82. The van der Waals surface area contributed by atoms with Gasteiger partial charge in [-0.15, -0.1) is 0 Å². The summed E-state index contributed by atoms with van der Waals surface area (Å²) >= 11 is 13.7.